The molecule has 2 aliphatic rings. The number of aromatic nitrogens is 2. The third-order valence-electron chi connectivity index (χ3n) is 5.67. The average Bonchev–Trinajstić information content (AvgIpc) is 3.47. The summed E-state index contributed by atoms with van der Waals surface area (Å²) in [6, 6.07) is 13.9. The van der Waals surface area contributed by atoms with E-state index in [9.17, 15) is 4.79 Å². The molecule has 0 saturated carbocycles. The molecule has 1 aromatic carbocycles. The Labute approximate surface area is 180 Å². The second-order valence-electron chi connectivity index (χ2n) is 7.68. The van der Waals surface area contributed by atoms with Crippen molar-refractivity contribution in [2.24, 2.45) is 0 Å². The van der Waals surface area contributed by atoms with Gasteiger partial charge < -0.3 is 18.8 Å². The second kappa shape index (κ2) is 8.79. The van der Waals surface area contributed by atoms with Gasteiger partial charge in [0.15, 0.2) is 6.29 Å². The van der Waals surface area contributed by atoms with Gasteiger partial charge in [0, 0.05) is 35.2 Å². The lowest BCUT2D eigenvalue weighted by Crippen LogP contribution is -2.50. The van der Waals surface area contributed by atoms with Gasteiger partial charge in [-0.1, -0.05) is 6.07 Å². The largest absolute Gasteiger partial charge is 0.348 e. The van der Waals surface area contributed by atoms with Crippen molar-refractivity contribution in [3.05, 3.63) is 66.1 Å². The van der Waals surface area contributed by atoms with Crippen LogP contribution in [0.1, 0.15) is 35.3 Å². The number of thioether (sulfide) groups is 1. The zero-order chi connectivity index (χ0) is 20.3. The molecule has 5 rings (SSSR count). The fraction of sp³-hybridized carbons (Fsp3) is 0.391. The minimum absolute atomic E-state index is 0.0119. The van der Waals surface area contributed by atoms with E-state index in [1.807, 2.05) is 58.0 Å². The quantitative estimate of drug-likeness (QED) is 0.581. The lowest BCUT2D eigenvalue weighted by Gasteiger charge is -2.38. The van der Waals surface area contributed by atoms with Gasteiger partial charge in [0.05, 0.1) is 24.9 Å². The fourth-order valence-corrected chi connectivity index (χ4v) is 4.95. The normalized spacial score (nSPS) is 20.1. The van der Waals surface area contributed by atoms with Gasteiger partial charge in [-0.25, -0.2) is 4.98 Å². The van der Waals surface area contributed by atoms with Gasteiger partial charge >= 0.3 is 0 Å². The molecule has 0 bridgehead atoms. The topological polar surface area (TPSA) is 56.1 Å². The maximum atomic E-state index is 13.2. The minimum atomic E-state index is -0.283. The number of carbonyl (C=O) groups excluding carboxylic acids is 1. The van der Waals surface area contributed by atoms with Crippen LogP contribution in [-0.2, 0) is 15.2 Å². The highest BCUT2D eigenvalue weighted by molar-refractivity contribution is 7.98. The standard InChI is InChI=1S/C23H25N3O3S/c27-22(26-12-4-1-5-20(26)23-28-13-14-29-23)17-7-9-19(10-8-17)30-16-18-15-25-11-3-2-6-21(25)24-18/h2-3,6-11,15,20,23H,1,4-5,12-14,16H2. The van der Waals surface area contributed by atoms with Crippen LogP contribution in [0.5, 0.6) is 0 Å². The summed E-state index contributed by atoms with van der Waals surface area (Å²) >= 11 is 1.72. The number of carbonyl (C=O) groups is 1. The van der Waals surface area contributed by atoms with Crippen LogP contribution in [0, 0.1) is 0 Å². The minimum Gasteiger partial charge on any atom is -0.348 e. The van der Waals surface area contributed by atoms with Gasteiger partial charge in [-0.3, -0.25) is 4.79 Å². The van der Waals surface area contributed by atoms with Crippen molar-refractivity contribution in [3.8, 4) is 0 Å². The maximum Gasteiger partial charge on any atom is 0.254 e. The summed E-state index contributed by atoms with van der Waals surface area (Å²) in [5.74, 6) is 0.857. The predicted octanol–water partition coefficient (Wildman–Crippen LogP) is 3.99. The smallest absolute Gasteiger partial charge is 0.254 e. The molecule has 2 fully saturated rings. The van der Waals surface area contributed by atoms with E-state index in [1.165, 1.54) is 0 Å². The molecule has 6 nitrogen and oxygen atoms in total. The van der Waals surface area contributed by atoms with Crippen LogP contribution < -0.4 is 0 Å². The molecule has 1 amide bonds. The van der Waals surface area contributed by atoms with Gasteiger partial charge in [0.25, 0.3) is 5.91 Å². The molecule has 0 radical (unpaired) electrons. The highest BCUT2D eigenvalue weighted by atomic mass is 32.2. The van der Waals surface area contributed by atoms with Crippen molar-refractivity contribution in [3.63, 3.8) is 0 Å². The van der Waals surface area contributed by atoms with E-state index in [0.717, 1.165) is 53.4 Å². The summed E-state index contributed by atoms with van der Waals surface area (Å²) < 4.78 is 13.4. The molecular formula is C23H25N3O3S. The zero-order valence-electron chi connectivity index (χ0n) is 16.8. The molecule has 156 valence electrons. The molecule has 4 heterocycles. The van der Waals surface area contributed by atoms with Crippen LogP contribution in [0.3, 0.4) is 0 Å². The summed E-state index contributed by atoms with van der Waals surface area (Å²) in [7, 11) is 0. The molecule has 2 saturated heterocycles. The van der Waals surface area contributed by atoms with E-state index < -0.39 is 0 Å². The number of likely N-dealkylation sites (tertiary alicyclic amines) is 1. The van der Waals surface area contributed by atoms with Gasteiger partial charge in [-0.05, 0) is 55.7 Å². The van der Waals surface area contributed by atoms with Crippen LogP contribution in [0.2, 0.25) is 0 Å². The molecule has 2 aliphatic heterocycles. The van der Waals surface area contributed by atoms with Crippen LogP contribution in [0.25, 0.3) is 5.65 Å². The number of imidazole rings is 1. The molecular weight excluding hydrogens is 398 g/mol. The number of nitrogens with zero attached hydrogens (tertiary/aromatic N) is 3. The van der Waals surface area contributed by atoms with E-state index in [2.05, 4.69) is 11.2 Å². The van der Waals surface area contributed by atoms with Crippen molar-refractivity contribution >= 4 is 23.3 Å². The Bertz CT molecular complexity index is 981. The number of fused-ring (bicyclic) bond motifs is 1. The number of hydrogen-bond acceptors (Lipinski definition) is 5. The highest BCUT2D eigenvalue weighted by Gasteiger charge is 2.36. The fourth-order valence-electron chi connectivity index (χ4n) is 4.16. The lowest BCUT2D eigenvalue weighted by molar-refractivity contribution is -0.100. The number of benzene rings is 1. The van der Waals surface area contributed by atoms with E-state index in [1.54, 1.807) is 11.8 Å². The predicted molar refractivity (Wildman–Crippen MR) is 116 cm³/mol. The Morgan fingerprint density at radius 1 is 1.10 bits per heavy atom. The summed E-state index contributed by atoms with van der Waals surface area (Å²) in [6.07, 6.45) is 6.85. The second-order valence-corrected chi connectivity index (χ2v) is 8.73. The summed E-state index contributed by atoms with van der Waals surface area (Å²) in [5, 5.41) is 0. The average molecular weight is 424 g/mol. The Morgan fingerprint density at radius 3 is 2.73 bits per heavy atom. The van der Waals surface area contributed by atoms with Crippen molar-refractivity contribution in [1.29, 1.82) is 0 Å². The number of hydrogen-bond donors (Lipinski definition) is 0. The zero-order valence-corrected chi connectivity index (χ0v) is 17.6. The molecule has 30 heavy (non-hydrogen) atoms. The van der Waals surface area contributed by atoms with Crippen LogP contribution >= 0.6 is 11.8 Å². The van der Waals surface area contributed by atoms with Gasteiger partial charge in [0.2, 0.25) is 0 Å². The van der Waals surface area contributed by atoms with Crippen LogP contribution in [0.4, 0.5) is 0 Å². The molecule has 0 aliphatic carbocycles. The van der Waals surface area contributed by atoms with Crippen LogP contribution in [-0.4, -0.2) is 52.3 Å². The number of piperidine rings is 1. The first kappa shape index (κ1) is 19.6. The summed E-state index contributed by atoms with van der Waals surface area (Å²) in [6.45, 7) is 1.99. The van der Waals surface area contributed by atoms with E-state index >= 15 is 0 Å². The third-order valence-corrected chi connectivity index (χ3v) is 6.72. The van der Waals surface area contributed by atoms with Crippen molar-refractivity contribution in [2.75, 3.05) is 19.8 Å². The van der Waals surface area contributed by atoms with E-state index in [4.69, 9.17) is 9.47 Å². The molecule has 7 heteroatoms. The molecule has 1 atom stereocenters. The third kappa shape index (κ3) is 4.10. The molecule has 3 aromatic rings. The number of ether oxygens (including phenoxy) is 2. The van der Waals surface area contributed by atoms with Gasteiger partial charge in [-0.15, -0.1) is 11.8 Å². The Morgan fingerprint density at radius 2 is 1.93 bits per heavy atom. The monoisotopic (exact) mass is 423 g/mol. The SMILES string of the molecule is O=C(c1ccc(SCc2cn3ccccc3n2)cc1)N1CCCCC1C1OCCO1. The maximum absolute atomic E-state index is 13.2. The molecule has 0 N–H and O–H groups in total. The molecule has 1 unspecified atom stereocenters. The van der Waals surface area contributed by atoms with Crippen LogP contribution in [0.15, 0.2) is 59.8 Å². The number of pyridine rings is 1. The Balaban J connectivity index is 1.24. The van der Waals surface area contributed by atoms with Gasteiger partial charge in [-0.2, -0.15) is 0 Å². The molecule has 0 spiro atoms. The summed E-state index contributed by atoms with van der Waals surface area (Å²) in [5.41, 5.74) is 2.72. The van der Waals surface area contributed by atoms with E-state index in [0.29, 0.717) is 13.2 Å². The van der Waals surface area contributed by atoms with Gasteiger partial charge in [0.1, 0.15) is 5.65 Å². The number of rotatable bonds is 5. The Hall–Kier alpha value is -2.35. The Kier molecular flexibility index (Phi) is 5.75. The van der Waals surface area contributed by atoms with E-state index in [-0.39, 0.29) is 18.2 Å². The van der Waals surface area contributed by atoms with Crippen molar-refractivity contribution in [2.45, 2.75) is 42.2 Å². The molecule has 2 aromatic heterocycles. The van der Waals surface area contributed by atoms with Crippen molar-refractivity contribution < 1.29 is 14.3 Å². The van der Waals surface area contributed by atoms with Crippen molar-refractivity contribution in [1.82, 2.24) is 14.3 Å². The highest BCUT2D eigenvalue weighted by Crippen LogP contribution is 2.27. The first-order valence-electron chi connectivity index (χ1n) is 10.5. The first-order valence-corrected chi connectivity index (χ1v) is 11.5. The first-order chi connectivity index (χ1) is 14.8. The number of amides is 1. The summed E-state index contributed by atoms with van der Waals surface area (Å²) in [4.78, 5) is 20.9. The lowest BCUT2D eigenvalue weighted by atomic mass is 10.00.